The summed E-state index contributed by atoms with van der Waals surface area (Å²) < 4.78 is 2.59. The number of hydrogen-bond donors (Lipinski definition) is 1. The topological polar surface area (TPSA) is 81.1 Å². The second-order valence-corrected chi connectivity index (χ2v) is 9.76. The van der Waals surface area contributed by atoms with Crippen molar-refractivity contribution in [3.05, 3.63) is 80.5 Å². The van der Waals surface area contributed by atoms with Crippen LogP contribution in [0.15, 0.2) is 53.3 Å². The van der Waals surface area contributed by atoms with Crippen LogP contribution in [-0.4, -0.2) is 27.3 Å². The van der Waals surface area contributed by atoms with E-state index in [2.05, 4.69) is 26.3 Å². The molecule has 1 amide bonds. The number of rotatable bonds is 6. The smallest absolute Gasteiger partial charge is 0.221 e. The summed E-state index contributed by atoms with van der Waals surface area (Å²) in [5.41, 5.74) is 4.16. The number of ketones is 2. The van der Waals surface area contributed by atoms with E-state index in [4.69, 9.17) is 11.6 Å². The van der Waals surface area contributed by atoms with E-state index in [1.807, 2.05) is 50.2 Å². The van der Waals surface area contributed by atoms with Gasteiger partial charge in [0.1, 0.15) is 11.7 Å². The number of Topliss-reactive ketones (excluding diaryl/α,β-unsaturated/α-hetero) is 2. The van der Waals surface area contributed by atoms with Gasteiger partial charge in [-0.25, -0.2) is 4.68 Å². The fourth-order valence-corrected chi connectivity index (χ4v) is 5.04. The van der Waals surface area contributed by atoms with Gasteiger partial charge >= 0.3 is 0 Å². The molecule has 0 bridgehead atoms. The van der Waals surface area contributed by atoms with E-state index in [0.29, 0.717) is 11.6 Å². The van der Waals surface area contributed by atoms with Crippen molar-refractivity contribution >= 4 is 45.0 Å². The van der Waals surface area contributed by atoms with Gasteiger partial charge < -0.3 is 5.32 Å². The Balaban J connectivity index is 1.47. The molecular weight excluding hydrogens is 506 g/mol. The number of nitrogens with zero attached hydrogens (tertiary/aromatic N) is 2. The molecule has 6 nitrogen and oxygen atoms in total. The monoisotopic (exact) mass is 527 g/mol. The highest BCUT2D eigenvalue weighted by Gasteiger charge is 2.43. The van der Waals surface area contributed by atoms with Crippen LogP contribution in [-0.2, 0) is 20.9 Å². The molecule has 0 radical (unpaired) electrons. The molecule has 1 aliphatic rings. The Morgan fingerprint density at radius 3 is 2.58 bits per heavy atom. The first kappa shape index (κ1) is 23.4. The number of nitrogens with one attached hydrogen (secondary N) is 1. The average Bonchev–Trinajstić information content (AvgIpc) is 3.30. The molecular formula is C25H23BrClN3O3. The fourth-order valence-electron chi connectivity index (χ4n) is 4.46. The SMILES string of the molecule is Cc1cc(-n2cc(Cl)cn2)cc(C)c1C1C(=O)CC(CC(=O)NCc2cccc(Br)c2)C1=O. The van der Waals surface area contributed by atoms with Crippen LogP contribution in [0.5, 0.6) is 0 Å². The molecule has 1 aliphatic carbocycles. The third-order valence-corrected chi connectivity index (χ3v) is 6.64. The van der Waals surface area contributed by atoms with Gasteiger partial charge in [0, 0.05) is 36.0 Å². The van der Waals surface area contributed by atoms with Crippen molar-refractivity contribution in [1.29, 1.82) is 0 Å². The summed E-state index contributed by atoms with van der Waals surface area (Å²) in [6.45, 7) is 4.14. The highest BCUT2D eigenvalue weighted by atomic mass is 79.9. The highest BCUT2D eigenvalue weighted by Crippen LogP contribution is 2.38. The summed E-state index contributed by atoms with van der Waals surface area (Å²) in [4.78, 5) is 38.5. The van der Waals surface area contributed by atoms with Gasteiger partial charge in [-0.1, -0.05) is 39.7 Å². The zero-order valence-corrected chi connectivity index (χ0v) is 20.6. The Morgan fingerprint density at radius 1 is 1.21 bits per heavy atom. The van der Waals surface area contributed by atoms with Crippen molar-refractivity contribution in [2.24, 2.45) is 5.92 Å². The molecule has 4 rings (SSSR count). The van der Waals surface area contributed by atoms with Crippen molar-refractivity contribution < 1.29 is 14.4 Å². The molecule has 1 heterocycles. The fraction of sp³-hybridized carbons (Fsp3) is 0.280. The number of halogens is 2. The van der Waals surface area contributed by atoms with E-state index in [0.717, 1.165) is 32.4 Å². The van der Waals surface area contributed by atoms with Crippen LogP contribution in [0, 0.1) is 19.8 Å². The number of carbonyl (C=O) groups is 3. The van der Waals surface area contributed by atoms with Crippen LogP contribution in [0.4, 0.5) is 0 Å². The maximum absolute atomic E-state index is 13.2. The van der Waals surface area contributed by atoms with Gasteiger partial charge in [-0.05, 0) is 60.4 Å². The molecule has 1 saturated carbocycles. The lowest BCUT2D eigenvalue weighted by atomic mass is 9.87. The van der Waals surface area contributed by atoms with E-state index in [-0.39, 0.29) is 30.3 Å². The first-order valence-electron chi connectivity index (χ1n) is 10.6. The molecule has 1 aromatic heterocycles. The van der Waals surface area contributed by atoms with E-state index >= 15 is 0 Å². The predicted molar refractivity (Wildman–Crippen MR) is 130 cm³/mol. The van der Waals surface area contributed by atoms with Gasteiger partial charge in [0.05, 0.1) is 16.9 Å². The normalized spacial score (nSPS) is 18.1. The van der Waals surface area contributed by atoms with E-state index in [9.17, 15) is 14.4 Å². The summed E-state index contributed by atoms with van der Waals surface area (Å²) in [5, 5.41) is 7.59. The Labute approximate surface area is 205 Å². The van der Waals surface area contributed by atoms with Crippen molar-refractivity contribution in [2.75, 3.05) is 0 Å². The van der Waals surface area contributed by atoms with Crippen molar-refractivity contribution in [2.45, 2.75) is 39.2 Å². The van der Waals surface area contributed by atoms with Crippen molar-refractivity contribution in [3.8, 4) is 5.69 Å². The zero-order valence-electron chi connectivity index (χ0n) is 18.3. The summed E-state index contributed by atoms with van der Waals surface area (Å²) in [5.74, 6) is -1.98. The molecule has 2 atom stereocenters. The Bertz CT molecular complexity index is 1230. The summed E-state index contributed by atoms with van der Waals surface area (Å²) in [6.07, 6.45) is 3.35. The average molecular weight is 529 g/mol. The minimum atomic E-state index is -0.830. The van der Waals surface area contributed by atoms with Crippen LogP contribution < -0.4 is 5.32 Å². The quantitative estimate of drug-likeness (QED) is 0.464. The summed E-state index contributed by atoms with van der Waals surface area (Å²) in [6, 6.07) is 11.4. The molecule has 1 fully saturated rings. The predicted octanol–water partition coefficient (Wildman–Crippen LogP) is 4.85. The van der Waals surface area contributed by atoms with Gasteiger partial charge in [0.15, 0.2) is 5.78 Å². The Kier molecular flexibility index (Phi) is 6.81. The Morgan fingerprint density at radius 2 is 1.94 bits per heavy atom. The van der Waals surface area contributed by atoms with Crippen LogP contribution >= 0.6 is 27.5 Å². The van der Waals surface area contributed by atoms with E-state index in [1.54, 1.807) is 17.1 Å². The van der Waals surface area contributed by atoms with Crippen LogP contribution in [0.3, 0.4) is 0 Å². The van der Waals surface area contributed by atoms with Crippen LogP contribution in [0.25, 0.3) is 5.69 Å². The third-order valence-electron chi connectivity index (χ3n) is 5.95. The maximum Gasteiger partial charge on any atom is 0.221 e. The summed E-state index contributed by atoms with van der Waals surface area (Å²) >= 11 is 9.39. The number of amides is 1. The van der Waals surface area contributed by atoms with E-state index < -0.39 is 11.8 Å². The number of aromatic nitrogens is 2. The van der Waals surface area contributed by atoms with Crippen LogP contribution in [0.2, 0.25) is 5.02 Å². The van der Waals surface area contributed by atoms with Crippen molar-refractivity contribution in [3.63, 3.8) is 0 Å². The number of benzene rings is 2. The largest absolute Gasteiger partial charge is 0.352 e. The first-order valence-corrected chi connectivity index (χ1v) is 11.8. The summed E-state index contributed by atoms with van der Waals surface area (Å²) in [7, 11) is 0. The number of hydrogen-bond acceptors (Lipinski definition) is 4. The van der Waals surface area contributed by atoms with Gasteiger partial charge in [0.25, 0.3) is 0 Å². The lowest BCUT2D eigenvalue weighted by Gasteiger charge is -2.17. The minimum Gasteiger partial charge on any atom is -0.352 e. The third kappa shape index (κ3) is 5.09. The van der Waals surface area contributed by atoms with Gasteiger partial charge in [0.2, 0.25) is 5.91 Å². The molecule has 1 N–H and O–H groups in total. The zero-order chi connectivity index (χ0) is 23.7. The molecule has 0 spiro atoms. The first-order chi connectivity index (χ1) is 15.7. The number of carbonyl (C=O) groups excluding carboxylic acids is 3. The van der Waals surface area contributed by atoms with Crippen LogP contribution in [0.1, 0.15) is 41.0 Å². The van der Waals surface area contributed by atoms with Gasteiger partial charge in [-0.3, -0.25) is 14.4 Å². The van der Waals surface area contributed by atoms with E-state index in [1.165, 1.54) is 0 Å². The maximum atomic E-state index is 13.2. The Hall–Kier alpha value is -2.77. The molecule has 8 heteroatoms. The lowest BCUT2D eigenvalue weighted by molar-refractivity contribution is -0.128. The standard InChI is InChI=1S/C25H23BrClN3O3/c1-14-6-20(30-13-19(27)12-29-30)7-15(2)23(14)24-21(31)9-17(25(24)33)10-22(32)28-11-16-4-3-5-18(26)8-16/h3-8,12-13,17,24H,9-11H2,1-2H3,(H,28,32). The molecule has 2 unspecified atom stereocenters. The molecule has 0 saturated heterocycles. The van der Waals surface area contributed by atoms with Gasteiger partial charge in [-0.2, -0.15) is 5.10 Å². The van der Waals surface area contributed by atoms with Gasteiger partial charge in [-0.15, -0.1) is 0 Å². The molecule has 0 aliphatic heterocycles. The second-order valence-electron chi connectivity index (χ2n) is 8.41. The number of aryl methyl sites for hydroxylation is 2. The van der Waals surface area contributed by atoms with Crippen molar-refractivity contribution in [1.82, 2.24) is 15.1 Å². The molecule has 2 aromatic carbocycles. The lowest BCUT2D eigenvalue weighted by Crippen LogP contribution is -2.27. The molecule has 3 aromatic rings. The molecule has 170 valence electrons. The highest BCUT2D eigenvalue weighted by molar-refractivity contribution is 9.10. The molecule has 33 heavy (non-hydrogen) atoms. The second kappa shape index (κ2) is 9.61. The minimum absolute atomic E-state index is 0.0110.